The van der Waals surface area contributed by atoms with Gasteiger partial charge in [0, 0.05) is 21.5 Å². The molecule has 7 heteroatoms. The number of nitrogens with one attached hydrogen (secondary N) is 2. The number of carbonyl (C=O) groups is 2. The molecule has 0 saturated heterocycles. The fraction of sp³-hybridized carbons (Fsp3) is 0. The van der Waals surface area contributed by atoms with Gasteiger partial charge in [-0.15, -0.1) is 11.3 Å². The number of fused-ring (bicyclic) bond motifs is 1. The second kappa shape index (κ2) is 7.19. The van der Waals surface area contributed by atoms with Crippen molar-refractivity contribution in [3.8, 4) is 0 Å². The Morgan fingerprint density at radius 1 is 1.00 bits per heavy atom. The largest absolute Gasteiger partial charge is 0.350 e. The van der Waals surface area contributed by atoms with E-state index in [1.54, 1.807) is 53.9 Å². The third-order valence-electron chi connectivity index (χ3n) is 4.09. The molecule has 0 atom stereocenters. The number of rotatable bonds is 4. The second-order valence-electron chi connectivity index (χ2n) is 5.81. The number of anilines is 1. The van der Waals surface area contributed by atoms with Gasteiger partial charge in [0.2, 0.25) is 5.78 Å². The minimum Gasteiger partial charge on any atom is -0.350 e. The summed E-state index contributed by atoms with van der Waals surface area (Å²) in [5.41, 5.74) is 1.87. The van der Waals surface area contributed by atoms with E-state index in [2.05, 4.69) is 10.3 Å². The Labute approximate surface area is 168 Å². The quantitative estimate of drug-likeness (QED) is 0.401. The van der Waals surface area contributed by atoms with Crippen LogP contribution in [-0.2, 0) is 0 Å². The van der Waals surface area contributed by atoms with Gasteiger partial charge in [0.25, 0.3) is 5.91 Å². The first kappa shape index (κ1) is 17.8. The molecule has 0 unspecified atom stereocenters. The molecule has 0 aliphatic carbocycles. The lowest BCUT2D eigenvalue weighted by Crippen LogP contribution is -2.14. The van der Waals surface area contributed by atoms with Crippen LogP contribution in [0.15, 0.2) is 60.0 Å². The molecule has 0 fully saturated rings. The molecule has 4 nitrogen and oxygen atoms in total. The van der Waals surface area contributed by atoms with Gasteiger partial charge in [-0.1, -0.05) is 53.5 Å². The van der Waals surface area contributed by atoms with Crippen molar-refractivity contribution in [1.29, 1.82) is 0 Å². The molecule has 0 bridgehead atoms. The molecule has 0 radical (unpaired) electrons. The van der Waals surface area contributed by atoms with Gasteiger partial charge in [-0.25, -0.2) is 0 Å². The highest BCUT2D eigenvalue weighted by molar-refractivity contribution is 7.12. The van der Waals surface area contributed by atoms with Crippen LogP contribution in [0.5, 0.6) is 0 Å². The minimum absolute atomic E-state index is 0.226. The Morgan fingerprint density at radius 2 is 1.78 bits per heavy atom. The predicted octanol–water partition coefficient (Wildman–Crippen LogP) is 6.02. The molecule has 2 aromatic carbocycles. The lowest BCUT2D eigenvalue weighted by atomic mass is 10.1. The van der Waals surface area contributed by atoms with Crippen LogP contribution in [0.3, 0.4) is 0 Å². The van der Waals surface area contributed by atoms with Crippen molar-refractivity contribution in [2.24, 2.45) is 0 Å². The molecule has 2 aromatic heterocycles. The molecular weight excluding hydrogens is 403 g/mol. The Balaban J connectivity index is 1.83. The molecule has 27 heavy (non-hydrogen) atoms. The summed E-state index contributed by atoms with van der Waals surface area (Å²) in [5, 5.41) is 6.17. The van der Waals surface area contributed by atoms with Crippen LogP contribution in [0.2, 0.25) is 10.0 Å². The number of benzene rings is 2. The first-order chi connectivity index (χ1) is 13.0. The molecule has 0 spiro atoms. The third-order valence-corrected chi connectivity index (χ3v) is 5.66. The molecule has 4 rings (SSSR count). The summed E-state index contributed by atoms with van der Waals surface area (Å²) in [4.78, 5) is 29.2. The number of ketones is 1. The molecule has 2 heterocycles. The van der Waals surface area contributed by atoms with Crippen molar-refractivity contribution < 1.29 is 9.59 Å². The highest BCUT2D eigenvalue weighted by atomic mass is 35.5. The summed E-state index contributed by atoms with van der Waals surface area (Å²) >= 11 is 13.4. The molecule has 2 N–H and O–H groups in total. The summed E-state index contributed by atoms with van der Waals surface area (Å²) in [6, 6.07) is 15.7. The molecule has 0 aliphatic rings. The Hall–Kier alpha value is -2.60. The number of amides is 1. The number of hydrogen-bond donors (Lipinski definition) is 2. The summed E-state index contributed by atoms with van der Waals surface area (Å²) in [6.45, 7) is 0. The molecule has 1 amide bonds. The highest BCUT2D eigenvalue weighted by Gasteiger charge is 2.22. The van der Waals surface area contributed by atoms with Crippen molar-refractivity contribution >= 4 is 62.8 Å². The van der Waals surface area contributed by atoms with E-state index in [1.165, 1.54) is 11.3 Å². The lowest BCUT2D eigenvalue weighted by molar-refractivity contribution is 0.103. The van der Waals surface area contributed by atoms with E-state index >= 15 is 0 Å². The Morgan fingerprint density at radius 3 is 2.48 bits per heavy atom. The van der Waals surface area contributed by atoms with Crippen molar-refractivity contribution in [2.45, 2.75) is 0 Å². The Bertz CT molecular complexity index is 1170. The van der Waals surface area contributed by atoms with E-state index in [-0.39, 0.29) is 11.7 Å². The smallest absolute Gasteiger partial charge is 0.267 e. The third kappa shape index (κ3) is 3.37. The number of hydrogen-bond acceptors (Lipinski definition) is 3. The van der Waals surface area contributed by atoms with Crippen LogP contribution in [-0.4, -0.2) is 16.7 Å². The standard InChI is InChI=1S/C20H12Cl2N2O2S/c21-12-6-7-13-15(10-12)23-17(18(25)11-4-2-1-3-5-11)16(13)24-20(26)19-14(22)8-9-27-19/h1-10,23H,(H,24,26). The zero-order valence-corrected chi connectivity index (χ0v) is 16.1. The van der Waals surface area contributed by atoms with Gasteiger partial charge in [0.05, 0.1) is 10.7 Å². The van der Waals surface area contributed by atoms with E-state index < -0.39 is 0 Å². The van der Waals surface area contributed by atoms with E-state index in [0.717, 1.165) is 0 Å². The maximum absolute atomic E-state index is 13.0. The van der Waals surface area contributed by atoms with Crippen molar-refractivity contribution in [2.75, 3.05) is 5.32 Å². The monoisotopic (exact) mass is 414 g/mol. The summed E-state index contributed by atoms with van der Waals surface area (Å²) in [7, 11) is 0. The van der Waals surface area contributed by atoms with Gasteiger partial charge in [-0.2, -0.15) is 0 Å². The van der Waals surface area contributed by atoms with Gasteiger partial charge in [0.15, 0.2) is 0 Å². The average Bonchev–Trinajstić information content (AvgIpc) is 3.25. The van der Waals surface area contributed by atoms with Crippen LogP contribution in [0.4, 0.5) is 5.69 Å². The van der Waals surface area contributed by atoms with E-state index in [4.69, 9.17) is 23.2 Å². The van der Waals surface area contributed by atoms with Crippen molar-refractivity contribution in [3.05, 3.63) is 86.2 Å². The maximum atomic E-state index is 13.0. The average molecular weight is 415 g/mol. The van der Waals surface area contributed by atoms with Crippen LogP contribution in [0.1, 0.15) is 25.7 Å². The van der Waals surface area contributed by atoms with Gasteiger partial charge in [-0.3, -0.25) is 9.59 Å². The first-order valence-electron chi connectivity index (χ1n) is 8.00. The fourth-order valence-corrected chi connectivity index (χ4v) is 4.04. The van der Waals surface area contributed by atoms with E-state index in [9.17, 15) is 9.59 Å². The van der Waals surface area contributed by atoms with Crippen LogP contribution in [0.25, 0.3) is 10.9 Å². The number of aromatic amines is 1. The van der Waals surface area contributed by atoms with Gasteiger partial charge >= 0.3 is 0 Å². The summed E-state index contributed by atoms with van der Waals surface area (Å²) in [6.07, 6.45) is 0. The van der Waals surface area contributed by atoms with Crippen LogP contribution in [0, 0.1) is 0 Å². The number of carbonyl (C=O) groups excluding carboxylic acids is 2. The lowest BCUT2D eigenvalue weighted by Gasteiger charge is -2.07. The van der Waals surface area contributed by atoms with Crippen molar-refractivity contribution in [1.82, 2.24) is 4.98 Å². The SMILES string of the molecule is O=C(c1ccccc1)c1[nH]c2cc(Cl)ccc2c1NC(=O)c1sccc1Cl. The van der Waals surface area contributed by atoms with Gasteiger partial charge in [0.1, 0.15) is 10.6 Å². The predicted molar refractivity (Wildman–Crippen MR) is 110 cm³/mol. The number of halogens is 2. The van der Waals surface area contributed by atoms with E-state index in [1.807, 2.05) is 6.07 Å². The van der Waals surface area contributed by atoms with Gasteiger partial charge < -0.3 is 10.3 Å². The number of H-pyrrole nitrogens is 1. The highest BCUT2D eigenvalue weighted by Crippen LogP contribution is 2.32. The van der Waals surface area contributed by atoms with Crippen LogP contribution >= 0.6 is 34.5 Å². The number of thiophene rings is 1. The maximum Gasteiger partial charge on any atom is 0.267 e. The van der Waals surface area contributed by atoms with Crippen LogP contribution < -0.4 is 5.32 Å². The van der Waals surface area contributed by atoms with E-state index in [0.29, 0.717) is 42.8 Å². The zero-order chi connectivity index (χ0) is 19.0. The Kier molecular flexibility index (Phi) is 4.74. The zero-order valence-electron chi connectivity index (χ0n) is 13.8. The minimum atomic E-state index is -0.368. The molecule has 0 saturated carbocycles. The molecular formula is C20H12Cl2N2O2S. The summed E-state index contributed by atoms with van der Waals surface area (Å²) in [5.74, 6) is -0.594. The molecule has 0 aliphatic heterocycles. The van der Waals surface area contributed by atoms with Gasteiger partial charge in [-0.05, 0) is 29.6 Å². The first-order valence-corrected chi connectivity index (χ1v) is 9.63. The second-order valence-corrected chi connectivity index (χ2v) is 7.57. The normalized spacial score (nSPS) is 10.9. The number of aromatic nitrogens is 1. The topological polar surface area (TPSA) is 62.0 Å². The van der Waals surface area contributed by atoms with Crippen molar-refractivity contribution in [3.63, 3.8) is 0 Å². The summed E-state index contributed by atoms with van der Waals surface area (Å²) < 4.78 is 0. The molecule has 134 valence electrons. The molecule has 4 aromatic rings. The fourth-order valence-electron chi connectivity index (χ4n) is 2.83.